The van der Waals surface area contributed by atoms with Gasteiger partial charge in [-0.25, -0.2) is 0 Å². The molecule has 0 aromatic rings. The van der Waals surface area contributed by atoms with Crippen LogP contribution in [0.1, 0.15) is 20.8 Å². The third kappa shape index (κ3) is 4.40. The van der Waals surface area contributed by atoms with Crippen LogP contribution in [0.25, 0.3) is 0 Å². The Labute approximate surface area is 82.3 Å². The molecule has 11 heavy (non-hydrogen) atoms. The van der Waals surface area contributed by atoms with Crippen LogP contribution >= 0.6 is 22.6 Å². The van der Waals surface area contributed by atoms with Crippen LogP contribution in [0.3, 0.4) is 0 Å². The minimum absolute atomic E-state index is 0.0731. The molecular formula is C8H15IN2. The Kier molecular flexibility index (Phi) is 4.07. The van der Waals surface area contributed by atoms with Gasteiger partial charge in [-0.1, -0.05) is 29.2 Å². The number of hydrogen-bond acceptors (Lipinski definition) is 1. The fourth-order valence-electron chi connectivity index (χ4n) is 0.423. The van der Waals surface area contributed by atoms with Gasteiger partial charge in [-0.3, -0.25) is 4.99 Å². The summed E-state index contributed by atoms with van der Waals surface area (Å²) < 4.78 is 0.0731. The molecular weight excluding hydrogens is 251 g/mol. The molecule has 0 amide bonds. The van der Waals surface area contributed by atoms with Gasteiger partial charge >= 0.3 is 0 Å². The average molecular weight is 266 g/mol. The van der Waals surface area contributed by atoms with Gasteiger partial charge in [0.2, 0.25) is 0 Å². The van der Waals surface area contributed by atoms with Crippen LogP contribution in [0.4, 0.5) is 0 Å². The van der Waals surface area contributed by atoms with Crippen molar-refractivity contribution >= 4 is 28.4 Å². The van der Waals surface area contributed by atoms with E-state index in [0.29, 0.717) is 0 Å². The molecule has 0 aliphatic rings. The number of amidine groups is 1. The van der Waals surface area contributed by atoms with Gasteiger partial charge in [-0.15, -0.1) is 0 Å². The van der Waals surface area contributed by atoms with Crippen molar-refractivity contribution in [3.8, 4) is 0 Å². The minimum Gasteiger partial charge on any atom is -0.347 e. The van der Waals surface area contributed by atoms with E-state index in [1.807, 2.05) is 6.92 Å². The molecule has 0 saturated heterocycles. The van der Waals surface area contributed by atoms with Gasteiger partial charge < -0.3 is 5.32 Å². The molecule has 0 rings (SSSR count). The molecule has 3 heteroatoms. The van der Waals surface area contributed by atoms with Gasteiger partial charge in [-0.05, 0) is 20.8 Å². The first-order valence-corrected chi connectivity index (χ1v) is 4.54. The third-order valence-corrected chi connectivity index (χ3v) is 2.04. The standard InChI is InChI=1S/C8H15IN2/c1-6(8(3,4)9)11-7(2)10-5/h1H2,2-5H3,(H,10,11). The second-order valence-corrected chi connectivity index (χ2v) is 5.58. The van der Waals surface area contributed by atoms with Crippen LogP contribution in [0, 0.1) is 0 Å². The first-order chi connectivity index (χ1) is 4.88. The number of aliphatic imine (C=N–C) groups is 1. The molecule has 0 unspecified atom stereocenters. The highest BCUT2D eigenvalue weighted by molar-refractivity contribution is 14.1. The SMILES string of the molecule is C=C(NC(C)=NC)C(C)(C)I. The van der Waals surface area contributed by atoms with Gasteiger partial charge in [0.1, 0.15) is 0 Å². The highest BCUT2D eigenvalue weighted by atomic mass is 127. The number of nitrogens with one attached hydrogen (secondary N) is 1. The van der Waals surface area contributed by atoms with Crippen molar-refractivity contribution in [3.63, 3.8) is 0 Å². The number of rotatable bonds is 2. The molecule has 0 aromatic heterocycles. The number of allylic oxidation sites excluding steroid dienone is 1. The largest absolute Gasteiger partial charge is 0.347 e. The fraction of sp³-hybridized carbons (Fsp3) is 0.625. The van der Waals surface area contributed by atoms with Gasteiger partial charge in [0, 0.05) is 12.7 Å². The van der Waals surface area contributed by atoms with Crippen LogP contribution in [-0.4, -0.2) is 16.3 Å². The van der Waals surface area contributed by atoms with Gasteiger partial charge in [0.05, 0.1) is 9.26 Å². The molecule has 1 N–H and O–H groups in total. The molecule has 0 atom stereocenters. The van der Waals surface area contributed by atoms with E-state index in [2.05, 4.69) is 53.3 Å². The Hall–Kier alpha value is -0.0600. The molecule has 0 aromatic carbocycles. The zero-order chi connectivity index (χ0) is 9.07. The lowest BCUT2D eigenvalue weighted by molar-refractivity contribution is 0.820. The minimum atomic E-state index is 0.0731. The molecule has 0 aliphatic heterocycles. The Morgan fingerprint density at radius 3 is 2.27 bits per heavy atom. The first-order valence-electron chi connectivity index (χ1n) is 3.46. The lowest BCUT2D eigenvalue weighted by Gasteiger charge is -2.20. The summed E-state index contributed by atoms with van der Waals surface area (Å²) in [5, 5.41) is 3.12. The van der Waals surface area contributed by atoms with E-state index in [1.165, 1.54) is 0 Å². The number of hydrogen-bond donors (Lipinski definition) is 1. The van der Waals surface area contributed by atoms with Crippen molar-refractivity contribution in [1.82, 2.24) is 5.32 Å². The zero-order valence-electron chi connectivity index (χ0n) is 7.53. The Morgan fingerprint density at radius 1 is 1.55 bits per heavy atom. The molecule has 64 valence electrons. The topological polar surface area (TPSA) is 24.4 Å². The Balaban J connectivity index is 4.10. The van der Waals surface area contributed by atoms with E-state index in [0.717, 1.165) is 11.5 Å². The Morgan fingerprint density at radius 2 is 2.00 bits per heavy atom. The zero-order valence-corrected chi connectivity index (χ0v) is 9.69. The summed E-state index contributed by atoms with van der Waals surface area (Å²) in [5.41, 5.74) is 0.987. The van der Waals surface area contributed by atoms with Crippen LogP contribution in [0.5, 0.6) is 0 Å². The summed E-state index contributed by atoms with van der Waals surface area (Å²) in [4.78, 5) is 3.98. The summed E-state index contributed by atoms with van der Waals surface area (Å²) in [6.45, 7) is 10.0. The molecule has 0 aliphatic carbocycles. The summed E-state index contributed by atoms with van der Waals surface area (Å²) >= 11 is 2.34. The lowest BCUT2D eigenvalue weighted by atomic mass is 10.1. The van der Waals surface area contributed by atoms with E-state index in [1.54, 1.807) is 7.05 Å². The van der Waals surface area contributed by atoms with Crippen molar-refractivity contribution in [2.75, 3.05) is 7.05 Å². The molecule has 0 bridgehead atoms. The van der Waals surface area contributed by atoms with Crippen LogP contribution in [0.2, 0.25) is 0 Å². The molecule has 2 nitrogen and oxygen atoms in total. The number of nitrogens with zero attached hydrogens (tertiary/aromatic N) is 1. The summed E-state index contributed by atoms with van der Waals surface area (Å²) in [6.07, 6.45) is 0. The smallest absolute Gasteiger partial charge is 0.0969 e. The normalized spacial score (nSPS) is 13.0. The van der Waals surface area contributed by atoms with Crippen LogP contribution in [-0.2, 0) is 0 Å². The second-order valence-electron chi connectivity index (χ2n) is 2.89. The molecule has 0 radical (unpaired) electrons. The third-order valence-electron chi connectivity index (χ3n) is 1.38. The van der Waals surface area contributed by atoms with Crippen LogP contribution in [0.15, 0.2) is 17.3 Å². The van der Waals surface area contributed by atoms with Crippen molar-refractivity contribution < 1.29 is 0 Å². The predicted molar refractivity (Wildman–Crippen MR) is 59.4 cm³/mol. The van der Waals surface area contributed by atoms with Crippen molar-refractivity contribution in [2.24, 2.45) is 4.99 Å². The maximum atomic E-state index is 3.98. The van der Waals surface area contributed by atoms with E-state index in [-0.39, 0.29) is 3.42 Å². The van der Waals surface area contributed by atoms with E-state index in [9.17, 15) is 0 Å². The maximum Gasteiger partial charge on any atom is 0.0969 e. The van der Waals surface area contributed by atoms with Gasteiger partial charge in [0.25, 0.3) is 0 Å². The Bertz CT molecular complexity index is 177. The van der Waals surface area contributed by atoms with Crippen molar-refractivity contribution in [1.29, 1.82) is 0 Å². The lowest BCUT2D eigenvalue weighted by Crippen LogP contribution is -2.29. The van der Waals surface area contributed by atoms with Crippen molar-refractivity contribution in [2.45, 2.75) is 24.2 Å². The fourth-order valence-corrected chi connectivity index (χ4v) is 0.558. The molecule has 0 saturated carbocycles. The second kappa shape index (κ2) is 4.09. The van der Waals surface area contributed by atoms with Crippen molar-refractivity contribution in [3.05, 3.63) is 12.3 Å². The number of alkyl halides is 1. The summed E-state index contributed by atoms with van der Waals surface area (Å²) in [6, 6.07) is 0. The summed E-state index contributed by atoms with van der Waals surface area (Å²) in [5.74, 6) is 0.903. The van der Waals surface area contributed by atoms with Gasteiger partial charge in [0.15, 0.2) is 0 Å². The maximum absolute atomic E-state index is 3.98. The predicted octanol–water partition coefficient (Wildman–Crippen LogP) is 2.35. The number of halogens is 1. The van der Waals surface area contributed by atoms with E-state index >= 15 is 0 Å². The monoisotopic (exact) mass is 266 g/mol. The molecule has 0 spiro atoms. The highest BCUT2D eigenvalue weighted by Gasteiger charge is 2.16. The molecule has 0 heterocycles. The van der Waals surface area contributed by atoms with Gasteiger partial charge in [-0.2, -0.15) is 0 Å². The quantitative estimate of drug-likeness (QED) is 0.353. The highest BCUT2D eigenvalue weighted by Crippen LogP contribution is 2.23. The van der Waals surface area contributed by atoms with E-state index < -0.39 is 0 Å². The summed E-state index contributed by atoms with van der Waals surface area (Å²) in [7, 11) is 1.76. The molecule has 0 fully saturated rings. The van der Waals surface area contributed by atoms with E-state index in [4.69, 9.17) is 0 Å². The average Bonchev–Trinajstić information content (AvgIpc) is 1.85. The first kappa shape index (κ1) is 10.9. The van der Waals surface area contributed by atoms with Crippen LogP contribution < -0.4 is 5.32 Å².